The first-order valence-electron chi connectivity index (χ1n) is 9.78. The zero-order valence-corrected chi connectivity index (χ0v) is 17.1. The van der Waals surface area contributed by atoms with Crippen LogP contribution in [0.3, 0.4) is 0 Å². The molecule has 0 aliphatic heterocycles. The van der Waals surface area contributed by atoms with Crippen LogP contribution in [-0.2, 0) is 0 Å². The van der Waals surface area contributed by atoms with Gasteiger partial charge in [0.2, 0.25) is 0 Å². The van der Waals surface area contributed by atoms with E-state index in [0.29, 0.717) is 6.04 Å². The highest BCUT2D eigenvalue weighted by Crippen LogP contribution is 2.29. The highest BCUT2D eigenvalue weighted by atomic mass is 32.1. The summed E-state index contributed by atoms with van der Waals surface area (Å²) < 4.78 is 0. The van der Waals surface area contributed by atoms with Crippen molar-refractivity contribution < 1.29 is 4.79 Å². The van der Waals surface area contributed by atoms with Crippen LogP contribution >= 0.6 is 11.3 Å². The number of nitrogens with one attached hydrogen (secondary N) is 2. The molecule has 0 spiro atoms. The number of anilines is 2. The van der Waals surface area contributed by atoms with Crippen LogP contribution in [0, 0.1) is 0 Å². The molecule has 0 radical (unpaired) electrons. The van der Waals surface area contributed by atoms with Gasteiger partial charge < -0.3 is 15.5 Å². The SMILES string of the molecule is CN(C)c1cc(N[C@H]2CC[C@@H](NC(=O)c3cccs3)CC2)nc2ccccc12. The Morgan fingerprint density at radius 1 is 1.07 bits per heavy atom. The highest BCUT2D eigenvalue weighted by molar-refractivity contribution is 7.12. The number of carbonyl (C=O) groups excluding carboxylic acids is 1. The second-order valence-corrected chi connectivity index (χ2v) is 8.53. The van der Waals surface area contributed by atoms with Gasteiger partial charge in [0.15, 0.2) is 0 Å². The molecule has 1 aliphatic carbocycles. The Bertz CT molecular complexity index is 946. The number of fused-ring (bicyclic) bond motifs is 1. The van der Waals surface area contributed by atoms with E-state index in [1.54, 1.807) is 0 Å². The molecule has 4 rings (SSSR count). The third kappa shape index (κ3) is 4.12. The first-order valence-corrected chi connectivity index (χ1v) is 10.7. The van der Waals surface area contributed by atoms with Gasteiger partial charge >= 0.3 is 0 Å². The molecular formula is C22H26N4OS. The van der Waals surface area contributed by atoms with Gasteiger partial charge in [-0.1, -0.05) is 24.3 Å². The maximum atomic E-state index is 12.2. The van der Waals surface area contributed by atoms with Crippen molar-refractivity contribution in [3.63, 3.8) is 0 Å². The van der Waals surface area contributed by atoms with Gasteiger partial charge in [0, 0.05) is 43.3 Å². The second-order valence-electron chi connectivity index (χ2n) is 7.58. The first-order chi connectivity index (χ1) is 13.6. The maximum absolute atomic E-state index is 12.2. The lowest BCUT2D eigenvalue weighted by Gasteiger charge is -2.30. The number of amides is 1. The first kappa shape index (κ1) is 18.7. The van der Waals surface area contributed by atoms with Crippen LogP contribution in [0.5, 0.6) is 0 Å². The third-order valence-corrected chi connectivity index (χ3v) is 6.20. The molecule has 0 unspecified atom stereocenters. The zero-order chi connectivity index (χ0) is 19.5. The zero-order valence-electron chi connectivity index (χ0n) is 16.3. The quantitative estimate of drug-likeness (QED) is 0.668. The van der Waals surface area contributed by atoms with E-state index in [1.165, 1.54) is 17.0 Å². The molecule has 146 valence electrons. The predicted octanol–water partition coefficient (Wildman–Crippen LogP) is 4.52. The average Bonchev–Trinajstić information content (AvgIpc) is 3.24. The fourth-order valence-corrected chi connectivity index (χ4v) is 4.48. The molecule has 1 amide bonds. The molecule has 1 aromatic carbocycles. The van der Waals surface area contributed by atoms with Gasteiger partial charge in [0.1, 0.15) is 5.82 Å². The number of pyridine rings is 1. The number of carbonyl (C=O) groups is 1. The number of aromatic nitrogens is 1. The van der Waals surface area contributed by atoms with E-state index in [2.05, 4.69) is 53.9 Å². The summed E-state index contributed by atoms with van der Waals surface area (Å²) in [5.41, 5.74) is 2.18. The highest BCUT2D eigenvalue weighted by Gasteiger charge is 2.23. The van der Waals surface area contributed by atoms with Crippen LogP contribution in [0.2, 0.25) is 0 Å². The molecule has 6 heteroatoms. The second kappa shape index (κ2) is 8.19. The molecule has 2 heterocycles. The van der Waals surface area contributed by atoms with Gasteiger partial charge in [0.05, 0.1) is 10.4 Å². The Balaban J connectivity index is 1.39. The van der Waals surface area contributed by atoms with Crippen molar-refractivity contribution in [2.45, 2.75) is 37.8 Å². The van der Waals surface area contributed by atoms with Crippen molar-refractivity contribution in [2.75, 3.05) is 24.3 Å². The molecule has 0 atom stereocenters. The summed E-state index contributed by atoms with van der Waals surface area (Å²) in [5, 5.41) is 9.90. The van der Waals surface area contributed by atoms with Crippen molar-refractivity contribution in [1.29, 1.82) is 0 Å². The lowest BCUT2D eigenvalue weighted by molar-refractivity contribution is 0.0930. The molecule has 2 aromatic heterocycles. The molecule has 0 bridgehead atoms. The Morgan fingerprint density at radius 3 is 2.54 bits per heavy atom. The van der Waals surface area contributed by atoms with Gasteiger partial charge in [-0.15, -0.1) is 11.3 Å². The number of nitrogens with zero attached hydrogens (tertiary/aromatic N) is 2. The molecule has 1 fully saturated rings. The molecule has 3 aromatic rings. The van der Waals surface area contributed by atoms with Gasteiger partial charge in [-0.25, -0.2) is 4.98 Å². The van der Waals surface area contributed by atoms with Gasteiger partial charge in [-0.2, -0.15) is 0 Å². The average molecular weight is 395 g/mol. The number of hydrogen-bond acceptors (Lipinski definition) is 5. The van der Waals surface area contributed by atoms with Crippen molar-refractivity contribution in [2.24, 2.45) is 0 Å². The number of benzene rings is 1. The van der Waals surface area contributed by atoms with Crippen LogP contribution in [0.15, 0.2) is 47.8 Å². The normalized spacial score (nSPS) is 19.4. The summed E-state index contributed by atoms with van der Waals surface area (Å²) in [7, 11) is 4.13. The Hall–Kier alpha value is -2.60. The summed E-state index contributed by atoms with van der Waals surface area (Å²) in [6.45, 7) is 0. The standard InChI is InChI=1S/C22H26N4OS/c1-26(2)19-14-21(25-18-7-4-3-6-17(18)19)23-15-9-11-16(12-10-15)24-22(27)20-8-5-13-28-20/h3-8,13-16H,9-12H2,1-2H3,(H,23,25)(H,24,27)/t15-,16+. The lowest BCUT2D eigenvalue weighted by Crippen LogP contribution is -2.40. The fraction of sp³-hybridized carbons (Fsp3) is 0.364. The smallest absolute Gasteiger partial charge is 0.261 e. The minimum Gasteiger partial charge on any atom is -0.377 e. The van der Waals surface area contributed by atoms with Crippen molar-refractivity contribution in [3.8, 4) is 0 Å². The van der Waals surface area contributed by atoms with Gasteiger partial charge in [-0.3, -0.25) is 4.79 Å². The lowest BCUT2D eigenvalue weighted by atomic mass is 9.91. The fourth-order valence-electron chi connectivity index (χ4n) is 3.86. The monoisotopic (exact) mass is 394 g/mol. The summed E-state index contributed by atoms with van der Waals surface area (Å²) in [5.74, 6) is 0.978. The number of hydrogen-bond donors (Lipinski definition) is 2. The predicted molar refractivity (Wildman–Crippen MR) is 118 cm³/mol. The summed E-state index contributed by atoms with van der Waals surface area (Å²) in [6, 6.07) is 14.8. The van der Waals surface area contributed by atoms with Crippen LogP contribution in [0.25, 0.3) is 10.9 Å². The topological polar surface area (TPSA) is 57.3 Å². The van der Waals surface area contributed by atoms with E-state index in [1.807, 2.05) is 23.6 Å². The van der Waals surface area contributed by atoms with E-state index in [9.17, 15) is 4.79 Å². The van der Waals surface area contributed by atoms with E-state index in [4.69, 9.17) is 4.98 Å². The van der Waals surface area contributed by atoms with E-state index < -0.39 is 0 Å². The largest absolute Gasteiger partial charge is 0.377 e. The number of para-hydroxylation sites is 1. The van der Waals surface area contributed by atoms with E-state index in [0.717, 1.165) is 47.3 Å². The molecule has 1 saturated carbocycles. The van der Waals surface area contributed by atoms with Gasteiger partial charge in [0.25, 0.3) is 5.91 Å². The minimum atomic E-state index is 0.0539. The van der Waals surface area contributed by atoms with E-state index >= 15 is 0 Å². The Morgan fingerprint density at radius 2 is 1.82 bits per heavy atom. The Labute approximate surface area is 169 Å². The van der Waals surface area contributed by atoms with Crippen LogP contribution in [0.1, 0.15) is 35.4 Å². The summed E-state index contributed by atoms with van der Waals surface area (Å²) in [4.78, 5) is 20.0. The molecule has 5 nitrogen and oxygen atoms in total. The third-order valence-electron chi connectivity index (χ3n) is 5.34. The van der Waals surface area contributed by atoms with Gasteiger partial charge in [-0.05, 0) is 43.2 Å². The minimum absolute atomic E-state index is 0.0539. The molecule has 0 saturated heterocycles. The maximum Gasteiger partial charge on any atom is 0.261 e. The number of thiophene rings is 1. The Kier molecular flexibility index (Phi) is 5.48. The molecule has 28 heavy (non-hydrogen) atoms. The number of rotatable bonds is 5. The van der Waals surface area contributed by atoms with Crippen molar-refractivity contribution in [1.82, 2.24) is 10.3 Å². The van der Waals surface area contributed by atoms with Crippen LogP contribution in [-0.4, -0.2) is 37.1 Å². The van der Waals surface area contributed by atoms with Crippen molar-refractivity contribution >= 4 is 39.7 Å². The van der Waals surface area contributed by atoms with Crippen molar-refractivity contribution in [3.05, 3.63) is 52.7 Å². The molecule has 2 N–H and O–H groups in total. The van der Waals surface area contributed by atoms with E-state index in [-0.39, 0.29) is 11.9 Å². The van der Waals surface area contributed by atoms with Crippen LogP contribution < -0.4 is 15.5 Å². The molecule has 1 aliphatic rings. The summed E-state index contributed by atoms with van der Waals surface area (Å²) >= 11 is 1.49. The van der Waals surface area contributed by atoms with Crippen LogP contribution in [0.4, 0.5) is 11.5 Å². The summed E-state index contributed by atoms with van der Waals surface area (Å²) in [6.07, 6.45) is 4.04. The molecular weight excluding hydrogens is 368 g/mol.